The van der Waals surface area contributed by atoms with E-state index in [1.807, 2.05) is 0 Å². The van der Waals surface area contributed by atoms with Crippen LogP contribution in [0.3, 0.4) is 0 Å². The lowest BCUT2D eigenvalue weighted by molar-refractivity contribution is -0.146. The quantitative estimate of drug-likeness (QED) is 0.234. The van der Waals surface area contributed by atoms with Crippen molar-refractivity contribution in [3.05, 3.63) is 0 Å². The molecule has 4 N–H and O–H groups in total. The molecule has 1 atom stereocenters. The topological polar surface area (TPSA) is 156 Å². The average Bonchev–Trinajstić information content (AvgIpc) is 2.31. The van der Waals surface area contributed by atoms with E-state index in [9.17, 15) is 24.3 Å². The second-order valence-electron chi connectivity index (χ2n) is 3.91. The van der Waals surface area contributed by atoms with Crippen molar-refractivity contribution in [2.24, 2.45) is 0 Å². The molecule has 0 aromatic carbocycles. The zero-order chi connectivity index (χ0) is 15.7. The predicted octanol–water partition coefficient (Wildman–Crippen LogP) is -2.64. The van der Waals surface area contributed by atoms with Gasteiger partial charge in [-0.2, -0.15) is 0 Å². The van der Waals surface area contributed by atoms with Crippen LogP contribution in [0.1, 0.15) is 0 Å². The van der Waals surface area contributed by atoms with Crippen molar-refractivity contribution in [2.75, 3.05) is 32.7 Å². The van der Waals surface area contributed by atoms with Gasteiger partial charge in [0.1, 0.15) is 0 Å². The standard InChI is InChI=1S/C10H16N2O8/c13-6-7(14)12(5-10(19)20)2-1-11(3-8(15)16)4-9(17)18/h6-7,14H,1-5H2,(H,15,16)(H,17,18)(H,19,20). The van der Waals surface area contributed by atoms with Gasteiger partial charge in [0, 0.05) is 13.1 Å². The first kappa shape index (κ1) is 18.0. The van der Waals surface area contributed by atoms with Crippen molar-refractivity contribution < 1.29 is 39.6 Å². The highest BCUT2D eigenvalue weighted by molar-refractivity contribution is 5.72. The molecule has 20 heavy (non-hydrogen) atoms. The van der Waals surface area contributed by atoms with Crippen LogP contribution in [0.15, 0.2) is 0 Å². The molecule has 0 radical (unpaired) electrons. The summed E-state index contributed by atoms with van der Waals surface area (Å²) in [5, 5.41) is 35.1. The fourth-order valence-corrected chi connectivity index (χ4v) is 1.43. The van der Waals surface area contributed by atoms with E-state index in [4.69, 9.17) is 15.3 Å². The molecule has 0 saturated carbocycles. The van der Waals surface area contributed by atoms with Crippen molar-refractivity contribution >= 4 is 24.2 Å². The Hall–Kier alpha value is -2.04. The summed E-state index contributed by atoms with van der Waals surface area (Å²) < 4.78 is 0. The minimum Gasteiger partial charge on any atom is -0.480 e. The minimum absolute atomic E-state index is 0.127. The Morgan fingerprint density at radius 2 is 1.35 bits per heavy atom. The number of nitrogens with zero attached hydrogens (tertiary/aromatic N) is 2. The molecule has 0 aromatic heterocycles. The molecule has 0 aliphatic rings. The molecule has 0 amide bonds. The van der Waals surface area contributed by atoms with Crippen molar-refractivity contribution in [1.82, 2.24) is 9.80 Å². The van der Waals surface area contributed by atoms with Crippen LogP contribution in [0.2, 0.25) is 0 Å². The Morgan fingerprint density at radius 3 is 1.70 bits per heavy atom. The fraction of sp³-hybridized carbons (Fsp3) is 0.600. The molecule has 0 fully saturated rings. The number of hydrogen-bond donors (Lipinski definition) is 4. The Morgan fingerprint density at radius 1 is 0.900 bits per heavy atom. The van der Waals surface area contributed by atoms with Gasteiger partial charge in [0.2, 0.25) is 0 Å². The van der Waals surface area contributed by atoms with Crippen LogP contribution < -0.4 is 0 Å². The smallest absolute Gasteiger partial charge is 0.317 e. The normalized spacial score (nSPS) is 12.3. The number of aldehydes is 1. The summed E-state index contributed by atoms with van der Waals surface area (Å²) in [6.45, 7) is -2.04. The highest BCUT2D eigenvalue weighted by Crippen LogP contribution is 1.97. The molecule has 0 saturated heterocycles. The van der Waals surface area contributed by atoms with Crippen molar-refractivity contribution in [3.63, 3.8) is 0 Å². The molecule has 1 unspecified atom stereocenters. The first-order chi connectivity index (χ1) is 9.26. The molecular formula is C10H16N2O8. The van der Waals surface area contributed by atoms with Crippen LogP contribution in [-0.2, 0) is 19.2 Å². The van der Waals surface area contributed by atoms with Gasteiger partial charge in [-0.1, -0.05) is 0 Å². The highest BCUT2D eigenvalue weighted by Gasteiger charge is 2.20. The molecule has 0 aliphatic carbocycles. The summed E-state index contributed by atoms with van der Waals surface area (Å²) in [6.07, 6.45) is -1.52. The first-order valence-corrected chi connectivity index (χ1v) is 5.51. The molecular weight excluding hydrogens is 276 g/mol. The number of carboxylic acids is 3. The second-order valence-corrected chi connectivity index (χ2v) is 3.91. The number of carbonyl (C=O) groups excluding carboxylic acids is 1. The third kappa shape index (κ3) is 8.13. The van der Waals surface area contributed by atoms with Crippen LogP contribution in [0.25, 0.3) is 0 Å². The molecule has 0 aromatic rings. The predicted molar refractivity (Wildman–Crippen MR) is 63.0 cm³/mol. The van der Waals surface area contributed by atoms with E-state index in [2.05, 4.69) is 0 Å². The maximum absolute atomic E-state index is 10.6. The summed E-state index contributed by atoms with van der Waals surface area (Å²) in [5.74, 6) is -3.77. The van der Waals surface area contributed by atoms with Crippen molar-refractivity contribution in [2.45, 2.75) is 6.23 Å². The van der Waals surface area contributed by atoms with Crippen LogP contribution in [-0.4, -0.2) is 93.4 Å². The van der Waals surface area contributed by atoms with Crippen LogP contribution in [0, 0.1) is 0 Å². The SMILES string of the molecule is O=CC(O)N(CCN(CC(=O)O)CC(=O)O)CC(=O)O. The molecule has 114 valence electrons. The van der Waals surface area contributed by atoms with E-state index in [1.54, 1.807) is 0 Å². The molecule has 0 aliphatic heterocycles. The lowest BCUT2D eigenvalue weighted by Crippen LogP contribution is -2.46. The van der Waals surface area contributed by atoms with E-state index in [1.165, 1.54) is 0 Å². The molecule has 0 spiro atoms. The second kappa shape index (κ2) is 8.96. The summed E-state index contributed by atoms with van der Waals surface area (Å²) in [7, 11) is 0. The van der Waals surface area contributed by atoms with Crippen LogP contribution in [0.4, 0.5) is 0 Å². The summed E-state index contributed by atoms with van der Waals surface area (Å²) in [5.41, 5.74) is 0. The van der Waals surface area contributed by atoms with Gasteiger partial charge >= 0.3 is 17.9 Å². The van der Waals surface area contributed by atoms with E-state index in [0.717, 1.165) is 9.80 Å². The Kier molecular flexibility index (Phi) is 8.04. The Bertz CT molecular complexity index is 356. The number of carboxylic acid groups (broad SMARTS) is 3. The third-order valence-corrected chi connectivity index (χ3v) is 2.26. The van der Waals surface area contributed by atoms with Gasteiger partial charge in [0.25, 0.3) is 0 Å². The lowest BCUT2D eigenvalue weighted by atomic mass is 10.3. The van der Waals surface area contributed by atoms with Gasteiger partial charge < -0.3 is 20.4 Å². The number of aliphatic carboxylic acids is 3. The van der Waals surface area contributed by atoms with Crippen LogP contribution in [0.5, 0.6) is 0 Å². The number of hydrogen-bond acceptors (Lipinski definition) is 7. The molecule has 0 bridgehead atoms. The molecule has 10 heteroatoms. The number of carbonyl (C=O) groups is 4. The van der Waals surface area contributed by atoms with Crippen molar-refractivity contribution in [3.8, 4) is 0 Å². The summed E-state index contributed by atoms with van der Waals surface area (Å²) in [6, 6.07) is 0. The summed E-state index contributed by atoms with van der Waals surface area (Å²) in [4.78, 5) is 44.0. The van der Waals surface area contributed by atoms with Crippen molar-refractivity contribution in [1.29, 1.82) is 0 Å². The van der Waals surface area contributed by atoms with E-state index >= 15 is 0 Å². The number of aliphatic hydroxyl groups excluding tert-OH is 1. The van der Waals surface area contributed by atoms with Gasteiger partial charge in [-0.15, -0.1) is 0 Å². The largest absolute Gasteiger partial charge is 0.480 e. The monoisotopic (exact) mass is 292 g/mol. The van der Waals surface area contributed by atoms with Gasteiger partial charge in [-0.3, -0.25) is 29.0 Å². The summed E-state index contributed by atoms with van der Waals surface area (Å²) >= 11 is 0. The Balaban J connectivity index is 4.58. The molecule has 10 nitrogen and oxygen atoms in total. The van der Waals surface area contributed by atoms with Gasteiger partial charge in [0.05, 0.1) is 19.6 Å². The maximum Gasteiger partial charge on any atom is 0.317 e. The fourth-order valence-electron chi connectivity index (χ4n) is 1.43. The zero-order valence-corrected chi connectivity index (χ0v) is 10.5. The van der Waals surface area contributed by atoms with E-state index < -0.39 is 43.8 Å². The highest BCUT2D eigenvalue weighted by atomic mass is 16.4. The van der Waals surface area contributed by atoms with Gasteiger partial charge in [-0.25, -0.2) is 0 Å². The van der Waals surface area contributed by atoms with Gasteiger partial charge in [0.15, 0.2) is 12.5 Å². The minimum atomic E-state index is -1.65. The maximum atomic E-state index is 10.6. The zero-order valence-electron chi connectivity index (χ0n) is 10.5. The number of rotatable bonds is 11. The average molecular weight is 292 g/mol. The molecule has 0 heterocycles. The number of aliphatic hydroxyl groups is 1. The van der Waals surface area contributed by atoms with E-state index in [-0.39, 0.29) is 19.4 Å². The van der Waals surface area contributed by atoms with E-state index in [0.29, 0.717) is 0 Å². The molecule has 0 rings (SSSR count). The van der Waals surface area contributed by atoms with Gasteiger partial charge in [-0.05, 0) is 0 Å². The lowest BCUT2D eigenvalue weighted by Gasteiger charge is -2.25. The first-order valence-electron chi connectivity index (χ1n) is 5.51. The Labute approximate surface area is 113 Å². The van der Waals surface area contributed by atoms with Crippen LogP contribution >= 0.6 is 0 Å². The third-order valence-electron chi connectivity index (χ3n) is 2.26.